The first-order valence-corrected chi connectivity index (χ1v) is 22.8. The number of nitrogens with one attached hydrogen (secondary N) is 6. The van der Waals surface area contributed by atoms with Crippen LogP contribution in [0.2, 0.25) is 0 Å². The molecule has 28 heteroatoms. The number of aliphatic hydroxyl groups excluding tert-OH is 2. The molecular formula is C41H74N16O12. The quantitative estimate of drug-likeness (QED) is 0.0129. The van der Waals surface area contributed by atoms with Crippen molar-refractivity contribution in [1.82, 2.24) is 36.8 Å². The molecule has 69 heavy (non-hydrogen) atoms. The third-order valence-corrected chi connectivity index (χ3v) is 10.5. The van der Waals surface area contributed by atoms with Crippen LogP contribution >= 0.6 is 0 Å². The summed E-state index contributed by atoms with van der Waals surface area (Å²) in [5, 5.41) is 44.8. The Labute approximate surface area is 400 Å². The van der Waals surface area contributed by atoms with Gasteiger partial charge in [-0.15, -0.1) is 0 Å². The summed E-state index contributed by atoms with van der Waals surface area (Å²) in [5.74, 6) is -8.86. The molecule has 1 saturated heterocycles. The number of unbranched alkanes of at least 4 members (excludes halogenated alkanes) is 2. The maximum absolute atomic E-state index is 13.9. The van der Waals surface area contributed by atoms with Gasteiger partial charge in [0.2, 0.25) is 35.4 Å². The molecule has 0 saturated carbocycles. The summed E-state index contributed by atoms with van der Waals surface area (Å²) in [6, 6.07) is -8.12. The molecule has 1 heterocycles. The molecule has 28 nitrogen and oxygen atoms in total. The number of aliphatic carboxylic acids is 1. The van der Waals surface area contributed by atoms with Crippen molar-refractivity contribution in [2.75, 3.05) is 45.8 Å². The molecule has 0 bridgehead atoms. The lowest BCUT2D eigenvalue weighted by atomic mass is 10.1. The van der Waals surface area contributed by atoms with Crippen LogP contribution in [0.3, 0.4) is 0 Å². The average molecular weight is 983 g/mol. The molecule has 0 unspecified atom stereocenters. The Bertz CT molecular complexity index is 1840. The fourth-order valence-corrected chi connectivity index (χ4v) is 6.67. The highest BCUT2D eigenvalue weighted by atomic mass is 16.4. The third-order valence-electron chi connectivity index (χ3n) is 10.5. The summed E-state index contributed by atoms with van der Waals surface area (Å²) >= 11 is 0. The molecular weight excluding hydrogens is 909 g/mol. The van der Waals surface area contributed by atoms with Crippen molar-refractivity contribution in [2.24, 2.45) is 50.1 Å². The molecule has 0 aromatic carbocycles. The SMILES string of the molecule is C[C@H](NC(=O)[C@@H](NC(=O)[C@@H](N)CCCCN)[C@@H](O)CN)C(=O)NCC(=O)N=C(CCCN)C(=O)N1CCC[C@H]1C(=O)N[C@H](C(=O)N[C@@H](CCCCN)C(=O)N/C(=C\CCN=C(N)N)C(=O)O)[C@@H](C)O. The van der Waals surface area contributed by atoms with E-state index in [0.717, 1.165) is 4.90 Å². The van der Waals surface area contributed by atoms with Gasteiger partial charge in [-0.25, -0.2) is 9.79 Å². The molecule has 8 atom stereocenters. The van der Waals surface area contributed by atoms with Crippen molar-refractivity contribution in [2.45, 2.75) is 133 Å². The molecule has 1 rings (SSSR count). The summed E-state index contributed by atoms with van der Waals surface area (Å²) in [6.45, 7) is 2.09. The molecule has 23 N–H and O–H groups in total. The van der Waals surface area contributed by atoms with Crippen LogP contribution in [0, 0.1) is 0 Å². The lowest BCUT2D eigenvalue weighted by molar-refractivity contribution is -0.138. The van der Waals surface area contributed by atoms with Crippen molar-refractivity contribution in [3.8, 4) is 0 Å². The van der Waals surface area contributed by atoms with E-state index in [-0.39, 0.29) is 76.4 Å². The number of guanidine groups is 1. The Morgan fingerprint density at radius 3 is 1.97 bits per heavy atom. The number of carboxylic acid groups (broad SMARTS) is 1. The zero-order valence-electron chi connectivity index (χ0n) is 39.3. The van der Waals surface area contributed by atoms with Crippen LogP contribution in [0.4, 0.5) is 0 Å². The Kier molecular flexibility index (Phi) is 28.7. The second-order valence-electron chi connectivity index (χ2n) is 16.2. The molecule has 0 aromatic heterocycles. The molecule has 0 radical (unpaired) electrons. The first-order valence-electron chi connectivity index (χ1n) is 22.8. The molecule has 1 fully saturated rings. The summed E-state index contributed by atoms with van der Waals surface area (Å²) in [5.41, 5.74) is 38.0. The van der Waals surface area contributed by atoms with Gasteiger partial charge in [0.05, 0.1) is 24.8 Å². The highest BCUT2D eigenvalue weighted by molar-refractivity contribution is 6.40. The number of hydrogen-bond donors (Lipinski definition) is 16. The van der Waals surface area contributed by atoms with Gasteiger partial charge >= 0.3 is 5.97 Å². The minimum Gasteiger partial charge on any atom is -0.477 e. The van der Waals surface area contributed by atoms with Gasteiger partial charge in [0.15, 0.2) is 5.96 Å². The lowest BCUT2D eigenvalue weighted by Gasteiger charge is -2.28. The van der Waals surface area contributed by atoms with E-state index in [9.17, 15) is 58.5 Å². The lowest BCUT2D eigenvalue weighted by Crippen LogP contribution is -2.60. The zero-order valence-corrected chi connectivity index (χ0v) is 39.3. The number of nitrogens with zero attached hydrogens (tertiary/aromatic N) is 3. The predicted molar refractivity (Wildman–Crippen MR) is 252 cm³/mol. The van der Waals surface area contributed by atoms with Gasteiger partial charge in [0, 0.05) is 19.6 Å². The van der Waals surface area contributed by atoms with Crippen LogP contribution in [-0.4, -0.2) is 179 Å². The minimum absolute atomic E-state index is 0.00175. The molecule has 1 aliphatic rings. The number of likely N-dealkylation sites (tertiary alicyclic amines) is 1. The highest BCUT2D eigenvalue weighted by Crippen LogP contribution is 2.20. The van der Waals surface area contributed by atoms with E-state index in [1.54, 1.807) is 0 Å². The van der Waals surface area contributed by atoms with E-state index in [4.69, 9.17) is 40.1 Å². The van der Waals surface area contributed by atoms with E-state index in [0.29, 0.717) is 38.6 Å². The van der Waals surface area contributed by atoms with Gasteiger partial charge in [-0.2, -0.15) is 0 Å². The Morgan fingerprint density at radius 1 is 0.768 bits per heavy atom. The normalized spacial score (nSPS) is 16.9. The van der Waals surface area contributed by atoms with Crippen LogP contribution in [0.5, 0.6) is 0 Å². The number of rotatable bonds is 32. The second kappa shape index (κ2) is 32.6. The number of amides is 8. The monoisotopic (exact) mass is 983 g/mol. The van der Waals surface area contributed by atoms with Crippen LogP contribution in [0.15, 0.2) is 21.8 Å². The molecule has 0 aromatic rings. The molecule has 0 aliphatic carbocycles. The Morgan fingerprint density at radius 2 is 1.39 bits per heavy atom. The third kappa shape index (κ3) is 22.2. The number of carboxylic acids is 1. The van der Waals surface area contributed by atoms with Crippen LogP contribution in [-0.2, 0) is 43.2 Å². The van der Waals surface area contributed by atoms with Gasteiger partial charge in [0.25, 0.3) is 11.8 Å². The van der Waals surface area contributed by atoms with Crippen molar-refractivity contribution < 1.29 is 58.5 Å². The van der Waals surface area contributed by atoms with Gasteiger partial charge in [-0.3, -0.25) is 43.3 Å². The van der Waals surface area contributed by atoms with E-state index in [1.165, 1.54) is 19.9 Å². The maximum atomic E-state index is 13.9. The first kappa shape index (κ1) is 60.8. The average Bonchev–Trinajstić information content (AvgIpc) is 3.80. The zero-order chi connectivity index (χ0) is 52.2. The van der Waals surface area contributed by atoms with Gasteiger partial charge in [-0.05, 0) is 97.7 Å². The second-order valence-corrected chi connectivity index (χ2v) is 16.2. The van der Waals surface area contributed by atoms with Crippen molar-refractivity contribution >= 4 is 64.9 Å². The van der Waals surface area contributed by atoms with E-state index >= 15 is 0 Å². The van der Waals surface area contributed by atoms with E-state index in [2.05, 4.69) is 41.9 Å². The van der Waals surface area contributed by atoms with E-state index in [1.807, 2.05) is 0 Å². The van der Waals surface area contributed by atoms with Gasteiger partial charge in [0.1, 0.15) is 41.6 Å². The number of carbonyl (C=O) groups is 9. The highest BCUT2D eigenvalue weighted by Gasteiger charge is 2.39. The number of nitrogens with two attached hydrogens (primary N) is 7. The smallest absolute Gasteiger partial charge is 0.352 e. The van der Waals surface area contributed by atoms with E-state index < -0.39 is 120 Å². The Hall–Kier alpha value is -6.17. The number of aliphatic hydroxyl groups is 2. The Balaban J connectivity index is 3.14. The molecule has 8 amide bonds. The van der Waals surface area contributed by atoms with Gasteiger partial charge in [-0.1, -0.05) is 12.5 Å². The van der Waals surface area contributed by atoms with Crippen molar-refractivity contribution in [1.29, 1.82) is 0 Å². The number of hydrogen-bond acceptors (Lipinski definition) is 17. The molecule has 1 aliphatic heterocycles. The minimum atomic E-state index is -1.66. The largest absolute Gasteiger partial charge is 0.477 e. The summed E-state index contributed by atoms with van der Waals surface area (Å²) in [4.78, 5) is 127. The maximum Gasteiger partial charge on any atom is 0.352 e. The van der Waals surface area contributed by atoms with Gasteiger partial charge < -0.3 is 92.3 Å². The number of aliphatic imine (C=N–C) groups is 2. The topological polar surface area (TPSA) is 497 Å². The van der Waals surface area contributed by atoms with Crippen molar-refractivity contribution in [3.63, 3.8) is 0 Å². The summed E-state index contributed by atoms with van der Waals surface area (Å²) < 4.78 is 0. The van der Waals surface area contributed by atoms with Crippen LogP contribution in [0.25, 0.3) is 0 Å². The molecule has 390 valence electrons. The summed E-state index contributed by atoms with van der Waals surface area (Å²) in [7, 11) is 0. The van der Waals surface area contributed by atoms with Crippen LogP contribution < -0.4 is 72.0 Å². The number of carbonyl (C=O) groups excluding carboxylic acids is 8. The van der Waals surface area contributed by atoms with Crippen LogP contribution in [0.1, 0.15) is 84.5 Å². The predicted octanol–water partition coefficient (Wildman–Crippen LogP) is -7.21. The standard InChI is InChI=1S/C41H74N16O12/c1-22(51-38(66)32(29(59)20-45)56-34(62)24(46)10-3-5-15-42)33(61)50-21-30(60)52-26(12-7-17-44)39(67)57-19-9-14-28(57)36(64)55-31(23(2)58)37(65)53-25(11-4-6-16-43)35(63)54-27(40(68)69)13-8-18-49-41(47)48/h13,22-25,28-29,31-32,58-59H,3-12,14-21,42-46H2,1-2H3,(H,50,61)(H,51,66)(H,53,65)(H,54,63)(H,55,64)(H,56,62)(H,68,69)(H4,47,48,49)/b27-13-,52-26?/t22-,23+,24-,25-,28-,29-,31-,32-/m0/s1. The van der Waals surface area contributed by atoms with Crippen molar-refractivity contribution in [3.05, 3.63) is 11.8 Å². The molecule has 0 spiro atoms. The summed E-state index contributed by atoms with van der Waals surface area (Å²) in [6.07, 6.45) is 0.824. The fourth-order valence-electron chi connectivity index (χ4n) is 6.67. The fraction of sp³-hybridized carbons (Fsp3) is 0.683. The first-order chi connectivity index (χ1) is 32.6.